The van der Waals surface area contributed by atoms with Gasteiger partial charge in [0.05, 0.1) is 0 Å². The fourth-order valence-corrected chi connectivity index (χ4v) is 3.20. The normalized spacial score (nSPS) is 30.8. The van der Waals surface area contributed by atoms with Crippen molar-refractivity contribution in [3.8, 4) is 0 Å². The quantitative estimate of drug-likeness (QED) is 0.813. The van der Waals surface area contributed by atoms with Gasteiger partial charge in [-0.2, -0.15) is 0 Å². The molecular weight excluding hydrogens is 228 g/mol. The molecule has 2 aliphatic rings. The van der Waals surface area contributed by atoms with Gasteiger partial charge in [0.25, 0.3) is 0 Å². The number of nitrogen functional groups attached to an aromatic ring is 1. The van der Waals surface area contributed by atoms with Gasteiger partial charge in [-0.1, -0.05) is 6.07 Å². The smallest absolute Gasteiger partial charge is 0.238 e. The fourth-order valence-electron chi connectivity index (χ4n) is 3.20. The molecule has 2 atom stereocenters. The minimum absolute atomic E-state index is 0.171. The van der Waals surface area contributed by atoms with E-state index in [0.717, 1.165) is 37.9 Å². The Morgan fingerprint density at radius 1 is 1.56 bits per heavy atom. The third-order valence-electron chi connectivity index (χ3n) is 4.27. The Bertz CT molecular complexity index is 472. The molecule has 0 radical (unpaired) electrons. The molecule has 5 heteroatoms. The molecule has 18 heavy (non-hydrogen) atoms. The minimum atomic E-state index is -0.375. The number of hydrogen-bond acceptors (Lipinski definition) is 4. The molecule has 1 amide bonds. The molecule has 1 saturated heterocycles. The van der Waals surface area contributed by atoms with E-state index in [4.69, 9.17) is 11.5 Å². The summed E-state index contributed by atoms with van der Waals surface area (Å²) in [7, 11) is 0. The number of nitrogens with zero attached hydrogens (tertiary/aromatic N) is 2. The first-order chi connectivity index (χ1) is 8.63. The Hall–Kier alpha value is -1.62. The molecule has 0 spiro atoms. The second-order valence-corrected chi connectivity index (χ2v) is 5.34. The van der Waals surface area contributed by atoms with Crippen molar-refractivity contribution in [1.29, 1.82) is 0 Å². The lowest BCUT2D eigenvalue weighted by Crippen LogP contribution is -2.50. The van der Waals surface area contributed by atoms with Crippen LogP contribution < -0.4 is 11.5 Å². The molecule has 0 aromatic carbocycles. The van der Waals surface area contributed by atoms with Gasteiger partial charge in [0.1, 0.15) is 11.4 Å². The van der Waals surface area contributed by atoms with Crippen LogP contribution in [0.2, 0.25) is 0 Å². The van der Waals surface area contributed by atoms with Crippen LogP contribution in [0.4, 0.5) is 5.82 Å². The highest BCUT2D eigenvalue weighted by Gasteiger charge is 2.63. The predicted octanol–water partition coefficient (Wildman–Crippen LogP) is 0.504. The number of rotatable bonds is 3. The van der Waals surface area contributed by atoms with E-state index >= 15 is 0 Å². The molecule has 1 aromatic rings. The molecular formula is C13H18N4O. The van der Waals surface area contributed by atoms with Gasteiger partial charge in [-0.05, 0) is 43.4 Å². The van der Waals surface area contributed by atoms with Crippen molar-refractivity contribution in [2.75, 3.05) is 12.3 Å². The SMILES string of the molecule is NC(=O)[C@]12C[C@H]1CCCN2Cc1ccc(N)nc1. The number of hydrogen-bond donors (Lipinski definition) is 2. The molecule has 1 saturated carbocycles. The zero-order valence-electron chi connectivity index (χ0n) is 10.3. The van der Waals surface area contributed by atoms with Gasteiger partial charge >= 0.3 is 0 Å². The summed E-state index contributed by atoms with van der Waals surface area (Å²) in [5.41, 5.74) is 11.9. The Kier molecular flexibility index (Phi) is 2.52. The van der Waals surface area contributed by atoms with E-state index in [1.165, 1.54) is 0 Å². The molecule has 1 aliphatic carbocycles. The maximum Gasteiger partial charge on any atom is 0.238 e. The summed E-state index contributed by atoms with van der Waals surface area (Å²) in [5, 5.41) is 0. The summed E-state index contributed by atoms with van der Waals surface area (Å²) < 4.78 is 0. The maximum atomic E-state index is 11.7. The predicted molar refractivity (Wildman–Crippen MR) is 68.3 cm³/mol. The number of nitrogens with two attached hydrogens (primary N) is 2. The number of aromatic nitrogens is 1. The summed E-state index contributed by atoms with van der Waals surface area (Å²) >= 11 is 0. The molecule has 1 aliphatic heterocycles. The molecule has 1 aromatic heterocycles. The molecule has 0 bridgehead atoms. The highest BCUT2D eigenvalue weighted by molar-refractivity contribution is 5.88. The van der Waals surface area contributed by atoms with Gasteiger partial charge in [-0.15, -0.1) is 0 Å². The van der Waals surface area contributed by atoms with Crippen molar-refractivity contribution >= 4 is 11.7 Å². The van der Waals surface area contributed by atoms with E-state index in [0.29, 0.717) is 11.7 Å². The van der Waals surface area contributed by atoms with Crippen LogP contribution in [0.15, 0.2) is 18.3 Å². The van der Waals surface area contributed by atoms with Gasteiger partial charge in [0.2, 0.25) is 5.91 Å². The van der Waals surface area contributed by atoms with Crippen molar-refractivity contribution in [2.24, 2.45) is 11.7 Å². The number of amides is 1. The number of pyridine rings is 1. The Labute approximate surface area is 106 Å². The van der Waals surface area contributed by atoms with E-state index in [9.17, 15) is 4.79 Å². The van der Waals surface area contributed by atoms with Gasteiger partial charge in [-0.25, -0.2) is 4.98 Å². The van der Waals surface area contributed by atoms with Crippen LogP contribution in [0.1, 0.15) is 24.8 Å². The Balaban J connectivity index is 1.79. The van der Waals surface area contributed by atoms with Crippen molar-refractivity contribution in [1.82, 2.24) is 9.88 Å². The topological polar surface area (TPSA) is 85.2 Å². The van der Waals surface area contributed by atoms with Crippen LogP contribution in [0.3, 0.4) is 0 Å². The van der Waals surface area contributed by atoms with E-state index in [1.807, 2.05) is 6.07 Å². The van der Waals surface area contributed by atoms with E-state index < -0.39 is 0 Å². The van der Waals surface area contributed by atoms with Gasteiger partial charge in [-0.3, -0.25) is 9.69 Å². The molecule has 0 unspecified atom stereocenters. The number of carbonyl (C=O) groups excluding carboxylic acids is 1. The van der Waals surface area contributed by atoms with Crippen LogP contribution >= 0.6 is 0 Å². The average Bonchev–Trinajstić information content (AvgIpc) is 3.09. The lowest BCUT2D eigenvalue weighted by molar-refractivity contribution is -0.126. The first-order valence-electron chi connectivity index (χ1n) is 6.38. The van der Waals surface area contributed by atoms with E-state index in [2.05, 4.69) is 9.88 Å². The summed E-state index contributed by atoms with van der Waals surface area (Å²) in [6.07, 6.45) is 4.96. The van der Waals surface area contributed by atoms with Crippen LogP contribution in [0.25, 0.3) is 0 Å². The number of primary amides is 1. The van der Waals surface area contributed by atoms with Crippen molar-refractivity contribution in [3.63, 3.8) is 0 Å². The van der Waals surface area contributed by atoms with E-state index in [-0.39, 0.29) is 11.4 Å². The lowest BCUT2D eigenvalue weighted by Gasteiger charge is -2.34. The van der Waals surface area contributed by atoms with Crippen LogP contribution in [0.5, 0.6) is 0 Å². The summed E-state index contributed by atoms with van der Waals surface area (Å²) in [4.78, 5) is 18.0. The number of likely N-dealkylation sites (tertiary alicyclic amines) is 1. The van der Waals surface area contributed by atoms with Crippen LogP contribution in [0, 0.1) is 5.92 Å². The summed E-state index contributed by atoms with van der Waals surface area (Å²) in [5.74, 6) is 0.812. The Morgan fingerprint density at radius 2 is 2.39 bits per heavy atom. The second-order valence-electron chi connectivity index (χ2n) is 5.34. The Morgan fingerprint density at radius 3 is 3.06 bits per heavy atom. The average molecular weight is 246 g/mol. The molecule has 5 nitrogen and oxygen atoms in total. The molecule has 3 rings (SSSR count). The molecule has 2 heterocycles. The number of carbonyl (C=O) groups is 1. The van der Waals surface area contributed by atoms with E-state index in [1.54, 1.807) is 12.3 Å². The summed E-state index contributed by atoms with van der Waals surface area (Å²) in [6.45, 7) is 1.66. The molecule has 96 valence electrons. The zero-order chi connectivity index (χ0) is 12.8. The highest BCUT2D eigenvalue weighted by atomic mass is 16.2. The zero-order valence-corrected chi connectivity index (χ0v) is 10.3. The maximum absolute atomic E-state index is 11.7. The third kappa shape index (κ3) is 1.66. The third-order valence-corrected chi connectivity index (χ3v) is 4.27. The lowest BCUT2D eigenvalue weighted by atomic mass is 10.0. The highest BCUT2D eigenvalue weighted by Crippen LogP contribution is 2.54. The number of anilines is 1. The fraction of sp³-hybridized carbons (Fsp3) is 0.538. The van der Waals surface area contributed by atoms with Gasteiger partial charge in [0.15, 0.2) is 0 Å². The first kappa shape index (κ1) is 11.5. The number of piperidine rings is 1. The van der Waals surface area contributed by atoms with Crippen molar-refractivity contribution < 1.29 is 4.79 Å². The van der Waals surface area contributed by atoms with Crippen LogP contribution in [-0.2, 0) is 11.3 Å². The largest absolute Gasteiger partial charge is 0.384 e. The van der Waals surface area contributed by atoms with Crippen molar-refractivity contribution in [3.05, 3.63) is 23.9 Å². The number of fused-ring (bicyclic) bond motifs is 1. The van der Waals surface area contributed by atoms with Crippen molar-refractivity contribution in [2.45, 2.75) is 31.3 Å². The minimum Gasteiger partial charge on any atom is -0.384 e. The molecule has 2 fully saturated rings. The van der Waals surface area contributed by atoms with Crippen LogP contribution in [-0.4, -0.2) is 27.9 Å². The monoisotopic (exact) mass is 246 g/mol. The van der Waals surface area contributed by atoms with Gasteiger partial charge < -0.3 is 11.5 Å². The standard InChI is InChI=1S/C13H18N4O/c14-11-4-3-9(7-16-11)8-17-5-1-2-10-6-13(10,17)12(15)18/h3-4,7,10H,1-2,5-6,8H2,(H2,14,16)(H2,15,18)/t10-,13+/m1/s1. The van der Waals surface area contributed by atoms with Gasteiger partial charge in [0, 0.05) is 12.7 Å². The molecule has 4 N–H and O–H groups in total. The summed E-state index contributed by atoms with van der Waals surface area (Å²) in [6, 6.07) is 3.75. The second kappa shape index (κ2) is 3.95. The first-order valence-corrected chi connectivity index (χ1v) is 6.38.